The molecule has 2 heteroatoms. The summed E-state index contributed by atoms with van der Waals surface area (Å²) in [6.45, 7) is 2.19. The summed E-state index contributed by atoms with van der Waals surface area (Å²) >= 11 is 3.77. The zero-order valence-corrected chi connectivity index (χ0v) is 13.4. The molecule has 2 aromatic carbocycles. The summed E-state index contributed by atoms with van der Waals surface area (Å²) in [7, 11) is 0. The van der Waals surface area contributed by atoms with E-state index in [0.29, 0.717) is 0 Å². The number of halogens is 1. The highest BCUT2D eigenvalue weighted by Gasteiger charge is 2.23. The van der Waals surface area contributed by atoms with E-state index >= 15 is 0 Å². The average Bonchev–Trinajstić information content (AvgIpc) is 2.84. The van der Waals surface area contributed by atoms with Crippen LogP contribution in [-0.2, 0) is 0 Å². The molecule has 0 amide bonds. The molecule has 0 spiro atoms. The lowest BCUT2D eigenvalue weighted by molar-refractivity contribution is 0.667. The quantitative estimate of drug-likeness (QED) is 0.490. The summed E-state index contributed by atoms with van der Waals surface area (Å²) in [6, 6.07) is 14.6. The minimum atomic E-state index is 0.0191. The Labute approximate surface area is 132 Å². The molecule has 1 heterocycles. The normalized spacial score (nSPS) is 21.9. The van der Waals surface area contributed by atoms with Crippen molar-refractivity contribution in [2.45, 2.75) is 17.7 Å². The van der Waals surface area contributed by atoms with Gasteiger partial charge in [0.15, 0.2) is 0 Å². The zero-order valence-electron chi connectivity index (χ0n) is 11.8. The molecule has 104 valence electrons. The van der Waals surface area contributed by atoms with Crippen LogP contribution in [0.25, 0.3) is 27.5 Å². The maximum atomic E-state index is 6.12. The summed E-state index contributed by atoms with van der Waals surface area (Å²) in [6.07, 6.45) is 7.45. The van der Waals surface area contributed by atoms with Crippen LogP contribution in [0.1, 0.15) is 18.9 Å². The van der Waals surface area contributed by atoms with Crippen molar-refractivity contribution >= 4 is 43.4 Å². The Kier molecular flexibility index (Phi) is 2.83. The molecule has 4 rings (SSSR count). The number of hydrogen-bond donors (Lipinski definition) is 0. The fraction of sp³-hybridized carbons (Fsp3) is 0.158. The van der Waals surface area contributed by atoms with E-state index in [-0.39, 0.29) is 4.32 Å². The highest BCUT2D eigenvalue weighted by atomic mass is 79.9. The molecule has 0 bridgehead atoms. The third-order valence-corrected chi connectivity index (χ3v) is 4.57. The second kappa shape index (κ2) is 4.60. The van der Waals surface area contributed by atoms with Gasteiger partial charge in [-0.2, -0.15) is 0 Å². The minimum absolute atomic E-state index is 0.0191. The molecule has 3 aromatic rings. The first-order valence-corrected chi connectivity index (χ1v) is 7.91. The highest BCUT2D eigenvalue weighted by Crippen LogP contribution is 2.40. The predicted molar refractivity (Wildman–Crippen MR) is 92.8 cm³/mol. The molecule has 1 nitrogen and oxygen atoms in total. The lowest BCUT2D eigenvalue weighted by Crippen LogP contribution is -2.14. The Morgan fingerprint density at radius 1 is 1.05 bits per heavy atom. The Morgan fingerprint density at radius 2 is 1.86 bits per heavy atom. The molecular formula is C19H15BrO. The van der Waals surface area contributed by atoms with E-state index in [0.717, 1.165) is 17.6 Å². The van der Waals surface area contributed by atoms with Crippen molar-refractivity contribution in [1.82, 2.24) is 0 Å². The topological polar surface area (TPSA) is 13.1 Å². The van der Waals surface area contributed by atoms with Gasteiger partial charge < -0.3 is 4.42 Å². The second-order valence-corrected chi connectivity index (χ2v) is 7.60. The number of alkyl halides is 1. The molecule has 0 saturated carbocycles. The largest absolute Gasteiger partial charge is 0.455 e. The molecule has 1 aliphatic rings. The first-order valence-electron chi connectivity index (χ1n) is 7.12. The van der Waals surface area contributed by atoms with E-state index in [1.807, 2.05) is 12.1 Å². The van der Waals surface area contributed by atoms with Gasteiger partial charge in [0.1, 0.15) is 11.2 Å². The summed E-state index contributed by atoms with van der Waals surface area (Å²) < 4.78 is 6.14. The molecule has 1 aromatic heterocycles. The van der Waals surface area contributed by atoms with Gasteiger partial charge in [0.25, 0.3) is 0 Å². The smallest absolute Gasteiger partial charge is 0.142 e. The van der Waals surface area contributed by atoms with Gasteiger partial charge in [-0.05, 0) is 25.0 Å². The lowest BCUT2D eigenvalue weighted by atomic mass is 9.90. The third-order valence-electron chi connectivity index (χ3n) is 4.03. The van der Waals surface area contributed by atoms with Crippen molar-refractivity contribution in [3.8, 4) is 0 Å². The second-order valence-electron chi connectivity index (χ2n) is 5.79. The molecule has 21 heavy (non-hydrogen) atoms. The molecule has 1 unspecified atom stereocenters. The fourth-order valence-electron chi connectivity index (χ4n) is 3.04. The predicted octanol–water partition coefficient (Wildman–Crippen LogP) is 6.08. The standard InChI is InChI=1S/C19H15BrO/c1-19(20)11-5-6-13(12-19)14-8-4-9-16-15-7-2-3-10-17(15)21-18(14)16/h2-11H,12H2,1H3. The van der Waals surface area contributed by atoms with E-state index in [9.17, 15) is 0 Å². The van der Waals surface area contributed by atoms with Crippen molar-refractivity contribution in [3.63, 3.8) is 0 Å². The van der Waals surface area contributed by atoms with Gasteiger partial charge >= 0.3 is 0 Å². The van der Waals surface area contributed by atoms with Gasteiger partial charge in [-0.15, -0.1) is 0 Å². The molecule has 1 aliphatic carbocycles. The summed E-state index contributed by atoms with van der Waals surface area (Å²) in [5, 5.41) is 2.37. The summed E-state index contributed by atoms with van der Waals surface area (Å²) in [4.78, 5) is 0. The number of benzene rings is 2. The fourth-order valence-corrected chi connectivity index (χ4v) is 3.49. The van der Waals surface area contributed by atoms with Crippen LogP contribution in [0.2, 0.25) is 0 Å². The number of furan rings is 1. The molecule has 0 fully saturated rings. The van der Waals surface area contributed by atoms with Crippen LogP contribution in [0.3, 0.4) is 0 Å². The summed E-state index contributed by atoms with van der Waals surface area (Å²) in [5.41, 5.74) is 4.44. The van der Waals surface area contributed by atoms with Crippen LogP contribution in [0.5, 0.6) is 0 Å². The number of fused-ring (bicyclic) bond motifs is 3. The van der Waals surface area contributed by atoms with Crippen molar-refractivity contribution in [1.29, 1.82) is 0 Å². The Hall–Kier alpha value is -1.80. The highest BCUT2D eigenvalue weighted by molar-refractivity contribution is 9.10. The number of allylic oxidation sites excluding steroid dienone is 4. The minimum Gasteiger partial charge on any atom is -0.455 e. The van der Waals surface area contributed by atoms with E-state index in [1.54, 1.807) is 0 Å². The van der Waals surface area contributed by atoms with Crippen molar-refractivity contribution in [3.05, 3.63) is 66.3 Å². The average molecular weight is 339 g/mol. The van der Waals surface area contributed by atoms with E-state index in [1.165, 1.54) is 21.9 Å². The monoisotopic (exact) mass is 338 g/mol. The van der Waals surface area contributed by atoms with Crippen LogP contribution < -0.4 is 0 Å². The van der Waals surface area contributed by atoms with E-state index in [2.05, 4.69) is 71.4 Å². The van der Waals surface area contributed by atoms with Crippen LogP contribution in [-0.4, -0.2) is 4.32 Å². The van der Waals surface area contributed by atoms with Gasteiger partial charge in [-0.1, -0.05) is 70.6 Å². The molecule has 0 radical (unpaired) electrons. The van der Waals surface area contributed by atoms with E-state index < -0.39 is 0 Å². The maximum absolute atomic E-state index is 6.12. The number of hydrogen-bond acceptors (Lipinski definition) is 1. The molecular weight excluding hydrogens is 324 g/mol. The third kappa shape index (κ3) is 2.14. The SMILES string of the molecule is CC1(Br)C=CC=C(c2cccc3c2oc2ccccc23)C1. The van der Waals surface area contributed by atoms with Crippen LogP contribution in [0, 0.1) is 0 Å². The molecule has 1 atom stereocenters. The Balaban J connectivity index is 1.98. The Morgan fingerprint density at radius 3 is 2.71 bits per heavy atom. The molecule has 0 aliphatic heterocycles. The van der Waals surface area contributed by atoms with Crippen LogP contribution in [0.4, 0.5) is 0 Å². The van der Waals surface area contributed by atoms with Gasteiger partial charge in [-0.3, -0.25) is 0 Å². The van der Waals surface area contributed by atoms with Gasteiger partial charge in [0, 0.05) is 20.7 Å². The van der Waals surface area contributed by atoms with Crippen LogP contribution >= 0.6 is 15.9 Å². The van der Waals surface area contributed by atoms with Crippen molar-refractivity contribution < 1.29 is 4.42 Å². The Bertz CT molecular complexity index is 896. The van der Waals surface area contributed by atoms with Crippen molar-refractivity contribution in [2.75, 3.05) is 0 Å². The van der Waals surface area contributed by atoms with E-state index in [4.69, 9.17) is 4.42 Å². The summed E-state index contributed by atoms with van der Waals surface area (Å²) in [5.74, 6) is 0. The zero-order chi connectivity index (χ0) is 14.4. The number of rotatable bonds is 1. The van der Waals surface area contributed by atoms with Crippen molar-refractivity contribution in [2.24, 2.45) is 0 Å². The van der Waals surface area contributed by atoms with Gasteiger partial charge in [-0.25, -0.2) is 0 Å². The first-order chi connectivity index (χ1) is 10.1. The first kappa shape index (κ1) is 12.9. The van der Waals surface area contributed by atoms with Gasteiger partial charge in [0.05, 0.1) is 0 Å². The van der Waals surface area contributed by atoms with Crippen LogP contribution in [0.15, 0.2) is 65.1 Å². The molecule has 0 N–H and O–H groups in total. The number of para-hydroxylation sites is 2. The maximum Gasteiger partial charge on any atom is 0.142 e. The molecule has 0 saturated heterocycles. The van der Waals surface area contributed by atoms with Gasteiger partial charge in [0.2, 0.25) is 0 Å². The lowest BCUT2D eigenvalue weighted by Gasteiger charge is -2.23.